The van der Waals surface area contributed by atoms with Crippen LogP contribution in [-0.2, 0) is 63.7 Å². The van der Waals surface area contributed by atoms with Crippen molar-refractivity contribution < 1.29 is 72.0 Å². The third kappa shape index (κ3) is 16.2. The number of ketones is 3. The molecule has 0 radical (unpaired) electrons. The minimum absolute atomic E-state index is 0.0378. The first-order chi connectivity index (χ1) is 35.2. The summed E-state index contributed by atoms with van der Waals surface area (Å²) in [6, 6.07) is 4.22. The number of allylic oxidation sites excluding steroid dienone is 6. The number of Topliss-reactive ketones (excluding diaryl/α,β-unsaturated/α-hetero) is 3. The SMILES string of the molecule is CO[C@H]1C[C@@H]2CC[C@@H](C)[C@@](O)(O2)C(=O)C(=O)N2CCCC[C@H]2C(=O)O[C@H]([C@H](C)C[C@@H]2CC[C@@H](O)[C@H](OC)C2)CC(=O)[C@H](C)/C=C(\C)[C@@H](OC(=O)C[n+]2ccccc2)[C@@H](OC)C(=O)[C@H](C)C[C@H](C)/C=C/C=C/C=C/1C. The smallest absolute Gasteiger partial charge is 0.373 e. The van der Waals surface area contributed by atoms with Crippen LogP contribution >= 0.6 is 0 Å². The number of ether oxygens (including phenoxy) is 6. The number of carbonyl (C=O) groups is 6. The van der Waals surface area contributed by atoms with Gasteiger partial charge in [0.25, 0.3) is 11.7 Å². The molecule has 15 atom stereocenters. The molecule has 3 aliphatic heterocycles. The van der Waals surface area contributed by atoms with E-state index in [2.05, 4.69) is 0 Å². The van der Waals surface area contributed by atoms with E-state index >= 15 is 0 Å². The number of amides is 1. The molecule has 2 N–H and O–H groups in total. The highest BCUT2D eigenvalue weighted by Gasteiger charge is 2.53. The van der Waals surface area contributed by atoms with Crippen LogP contribution in [-0.4, -0.2) is 133 Å². The van der Waals surface area contributed by atoms with E-state index in [1.165, 1.54) is 12.0 Å². The van der Waals surface area contributed by atoms with Crippen molar-refractivity contribution in [3.8, 4) is 0 Å². The van der Waals surface area contributed by atoms with Crippen molar-refractivity contribution in [3.63, 3.8) is 0 Å². The second kappa shape index (κ2) is 28.4. The number of aliphatic hydroxyl groups excluding tert-OH is 1. The minimum atomic E-state index is -2.45. The Labute approximate surface area is 438 Å². The fourth-order valence-corrected chi connectivity index (χ4v) is 11.1. The molecule has 5 rings (SSSR count). The summed E-state index contributed by atoms with van der Waals surface area (Å²) in [7, 11) is 4.53. The number of methoxy groups -OCH3 is 3. The maximum Gasteiger partial charge on any atom is 0.373 e. The van der Waals surface area contributed by atoms with Crippen LogP contribution in [0.25, 0.3) is 0 Å². The van der Waals surface area contributed by atoms with Crippen LogP contribution in [0.5, 0.6) is 0 Å². The standard InChI is InChI=1S/C58H85N2O14/c1-36-19-13-11-14-20-37(2)48(69-8)33-44-24-22-42(7)58(68,74-44)55(65)56(66)60-28-18-15-21-45(60)57(67)72-49(39(4)31-43-23-25-46(61)50(32-43)70-9)34-47(62)38(3)30-41(6)53(54(71-10)52(64)40(5)29-36)73-51(63)35-59-26-16-12-17-27-59/h11-14,16-17,19-20,26-27,30,36,38-40,42-46,48-50,53-54,61,68H,15,18,21-25,28-29,31-35H2,1-10H3/q+1/b14-11+,19-13+,37-20+,41-30+/t36-,38-,39-,40-,42-,43+,44+,45+,46-,48+,49+,50-,53-,54+,58-/m1/s1. The number of aromatic nitrogens is 1. The number of aliphatic hydroxyl groups is 2. The highest BCUT2D eigenvalue weighted by Crippen LogP contribution is 2.38. The molecule has 3 fully saturated rings. The Morgan fingerprint density at radius 2 is 1.58 bits per heavy atom. The van der Waals surface area contributed by atoms with Gasteiger partial charge in [-0.2, -0.15) is 4.57 Å². The lowest BCUT2D eigenvalue weighted by molar-refractivity contribution is -0.686. The zero-order valence-electron chi connectivity index (χ0n) is 45.5. The second-order valence-corrected chi connectivity index (χ2v) is 21.6. The van der Waals surface area contributed by atoms with Crippen LogP contribution in [0.15, 0.2) is 78.2 Å². The summed E-state index contributed by atoms with van der Waals surface area (Å²) in [4.78, 5) is 87.0. The topological polar surface area (TPSA) is 205 Å². The Bertz CT molecular complexity index is 2190. The summed E-state index contributed by atoms with van der Waals surface area (Å²) in [6.45, 7) is 12.6. The fourth-order valence-electron chi connectivity index (χ4n) is 11.1. The third-order valence-electron chi connectivity index (χ3n) is 15.8. The van der Waals surface area contributed by atoms with Crippen molar-refractivity contribution in [2.24, 2.45) is 35.5 Å². The molecule has 1 aromatic rings. The normalized spacial score (nSPS) is 36.8. The Hall–Kier alpha value is -4.71. The molecule has 0 spiro atoms. The lowest BCUT2D eigenvalue weighted by atomic mass is 9.78. The highest BCUT2D eigenvalue weighted by atomic mass is 16.6. The summed E-state index contributed by atoms with van der Waals surface area (Å²) in [5, 5.41) is 22.6. The molecule has 74 heavy (non-hydrogen) atoms. The molecule has 4 heterocycles. The van der Waals surface area contributed by atoms with Gasteiger partial charge < -0.3 is 43.5 Å². The van der Waals surface area contributed by atoms with Gasteiger partial charge in [0.05, 0.1) is 24.4 Å². The summed E-state index contributed by atoms with van der Waals surface area (Å²) in [6.07, 6.45) is 14.3. The Balaban J connectivity index is 1.53. The Morgan fingerprint density at radius 3 is 2.27 bits per heavy atom. The predicted molar refractivity (Wildman–Crippen MR) is 276 cm³/mol. The number of carbonyl (C=O) groups excluding carboxylic acids is 6. The van der Waals surface area contributed by atoms with Gasteiger partial charge in [-0.05, 0) is 107 Å². The molecule has 1 saturated carbocycles. The minimum Gasteiger partial charge on any atom is -0.460 e. The third-order valence-corrected chi connectivity index (χ3v) is 15.8. The van der Waals surface area contributed by atoms with Gasteiger partial charge in [0.2, 0.25) is 12.3 Å². The summed E-state index contributed by atoms with van der Waals surface area (Å²) >= 11 is 0. The number of pyridine rings is 1. The number of hydrogen-bond acceptors (Lipinski definition) is 14. The van der Waals surface area contributed by atoms with Gasteiger partial charge in [0.1, 0.15) is 17.9 Å². The first-order valence-corrected chi connectivity index (χ1v) is 26.8. The molecule has 0 unspecified atom stereocenters. The van der Waals surface area contributed by atoms with Crippen molar-refractivity contribution in [2.75, 3.05) is 27.9 Å². The zero-order chi connectivity index (χ0) is 54.3. The van der Waals surface area contributed by atoms with Gasteiger partial charge in [0.15, 0.2) is 30.4 Å². The monoisotopic (exact) mass is 1030 g/mol. The van der Waals surface area contributed by atoms with Crippen LogP contribution in [0.4, 0.5) is 0 Å². The number of fused-ring (bicyclic) bond motifs is 3. The van der Waals surface area contributed by atoms with E-state index in [1.54, 1.807) is 70.2 Å². The van der Waals surface area contributed by atoms with E-state index in [0.29, 0.717) is 69.8 Å². The number of nitrogens with zero attached hydrogens (tertiary/aromatic N) is 2. The molecule has 2 saturated heterocycles. The molecular formula is C58H85N2O14+. The number of piperidine rings is 1. The Morgan fingerprint density at radius 1 is 0.851 bits per heavy atom. The number of esters is 2. The van der Waals surface area contributed by atoms with Crippen LogP contribution in [0.1, 0.15) is 126 Å². The molecule has 1 aromatic heterocycles. The largest absolute Gasteiger partial charge is 0.460 e. The van der Waals surface area contributed by atoms with Crippen molar-refractivity contribution in [1.82, 2.24) is 4.90 Å². The van der Waals surface area contributed by atoms with Crippen molar-refractivity contribution in [2.45, 2.75) is 187 Å². The maximum absolute atomic E-state index is 14.6. The molecule has 1 aliphatic carbocycles. The molecule has 16 heteroatoms. The average molecular weight is 1030 g/mol. The fraction of sp³-hybridized carbons (Fsp3) is 0.672. The number of rotatable bonds is 9. The van der Waals surface area contributed by atoms with Crippen molar-refractivity contribution >= 4 is 35.2 Å². The average Bonchev–Trinajstić information content (AvgIpc) is 3.38. The first-order valence-electron chi connectivity index (χ1n) is 26.8. The molecular weight excluding hydrogens is 949 g/mol. The number of hydrogen-bond donors (Lipinski definition) is 2. The molecule has 4 aliphatic rings. The molecule has 16 nitrogen and oxygen atoms in total. The molecule has 1 amide bonds. The van der Waals surface area contributed by atoms with Crippen LogP contribution in [0.2, 0.25) is 0 Å². The Kier molecular flexibility index (Phi) is 23.1. The van der Waals surface area contributed by atoms with E-state index in [4.69, 9.17) is 28.4 Å². The summed E-state index contributed by atoms with van der Waals surface area (Å²) in [5.74, 6) is -8.99. The first kappa shape index (κ1) is 60.2. The van der Waals surface area contributed by atoms with E-state index < -0.39 is 89.8 Å². The van der Waals surface area contributed by atoms with E-state index in [9.17, 15) is 39.0 Å². The quantitative estimate of drug-likeness (QED) is 0.114. The molecule has 2 bridgehead atoms. The van der Waals surface area contributed by atoms with Gasteiger partial charge in [-0.15, -0.1) is 0 Å². The van der Waals surface area contributed by atoms with E-state index in [-0.39, 0.29) is 61.4 Å². The number of cyclic esters (lactones) is 1. The molecule has 410 valence electrons. The maximum atomic E-state index is 14.6. The lowest BCUT2D eigenvalue weighted by Crippen LogP contribution is -2.61. The van der Waals surface area contributed by atoms with E-state index in [1.807, 2.05) is 64.1 Å². The van der Waals surface area contributed by atoms with E-state index in [0.717, 1.165) is 5.57 Å². The van der Waals surface area contributed by atoms with Crippen LogP contribution < -0.4 is 4.57 Å². The van der Waals surface area contributed by atoms with Crippen molar-refractivity contribution in [1.29, 1.82) is 0 Å². The van der Waals surface area contributed by atoms with Crippen LogP contribution in [0.3, 0.4) is 0 Å². The highest BCUT2D eigenvalue weighted by molar-refractivity contribution is 6.39. The van der Waals surface area contributed by atoms with Gasteiger partial charge >= 0.3 is 11.9 Å². The second-order valence-electron chi connectivity index (χ2n) is 21.6. The van der Waals surface area contributed by atoms with Gasteiger partial charge in [-0.3, -0.25) is 19.2 Å². The van der Waals surface area contributed by atoms with Gasteiger partial charge in [-0.25, -0.2) is 9.59 Å². The predicted octanol–water partition coefficient (Wildman–Crippen LogP) is 6.72. The summed E-state index contributed by atoms with van der Waals surface area (Å²) in [5.41, 5.74) is 1.29. The van der Waals surface area contributed by atoms with Gasteiger partial charge in [0, 0.05) is 70.6 Å². The van der Waals surface area contributed by atoms with Crippen molar-refractivity contribution in [3.05, 3.63) is 78.2 Å². The molecule has 0 aromatic carbocycles. The lowest BCUT2D eigenvalue weighted by Gasteiger charge is -2.42. The van der Waals surface area contributed by atoms with Gasteiger partial charge in [-0.1, -0.05) is 77.1 Å². The summed E-state index contributed by atoms with van der Waals surface area (Å²) < 4.78 is 37.6. The zero-order valence-corrected chi connectivity index (χ0v) is 45.5. The van der Waals surface area contributed by atoms with Crippen LogP contribution in [0, 0.1) is 35.5 Å².